The lowest BCUT2D eigenvalue weighted by atomic mass is 9.84. The van der Waals surface area contributed by atoms with Crippen molar-refractivity contribution in [2.75, 3.05) is 19.3 Å². The van der Waals surface area contributed by atoms with Crippen molar-refractivity contribution in [2.24, 2.45) is 11.8 Å². The Balaban J connectivity index is 1.58. The van der Waals surface area contributed by atoms with Gasteiger partial charge in [-0.05, 0) is 80.7 Å². The second kappa shape index (κ2) is 11.7. The van der Waals surface area contributed by atoms with Gasteiger partial charge in [-0.1, -0.05) is 54.6 Å². The first-order valence-electron chi connectivity index (χ1n) is 13.0. The average Bonchev–Trinajstić information content (AvgIpc) is 3.28. The minimum absolute atomic E-state index is 0.104. The molecule has 0 aromatic heterocycles. The highest BCUT2D eigenvalue weighted by Crippen LogP contribution is 2.34. The Morgan fingerprint density at radius 3 is 2.18 bits per heavy atom. The van der Waals surface area contributed by atoms with Gasteiger partial charge in [-0.15, -0.1) is 11.8 Å². The number of nitrogens with zero attached hydrogens (tertiary/aromatic N) is 1. The van der Waals surface area contributed by atoms with Crippen LogP contribution in [0.4, 0.5) is 0 Å². The van der Waals surface area contributed by atoms with Crippen LogP contribution in [0, 0.1) is 25.7 Å². The Morgan fingerprint density at radius 2 is 1.61 bits per heavy atom. The molecule has 0 N–H and O–H groups in total. The number of benzene rings is 3. The zero-order valence-electron chi connectivity index (χ0n) is 22.8. The van der Waals surface area contributed by atoms with Crippen LogP contribution in [0.3, 0.4) is 0 Å². The molecule has 6 heteroatoms. The number of thioether (sulfide) groups is 1. The molecule has 200 valence electrons. The van der Waals surface area contributed by atoms with Crippen molar-refractivity contribution in [3.05, 3.63) is 94.5 Å². The Labute approximate surface area is 230 Å². The lowest BCUT2D eigenvalue weighted by Gasteiger charge is -2.29. The van der Waals surface area contributed by atoms with Gasteiger partial charge in [0.15, 0.2) is 5.78 Å². The molecule has 0 spiro atoms. The second-order valence-corrected chi connectivity index (χ2v) is 11.7. The van der Waals surface area contributed by atoms with Crippen molar-refractivity contribution in [1.29, 1.82) is 0 Å². The number of aryl methyl sites for hydroxylation is 2. The van der Waals surface area contributed by atoms with Crippen LogP contribution in [-0.4, -0.2) is 41.6 Å². The summed E-state index contributed by atoms with van der Waals surface area (Å²) in [5, 5.41) is 11.5. The van der Waals surface area contributed by atoms with Crippen molar-refractivity contribution >= 4 is 23.5 Å². The van der Waals surface area contributed by atoms with Gasteiger partial charge < -0.3 is 14.6 Å². The molecule has 38 heavy (non-hydrogen) atoms. The maximum absolute atomic E-state index is 13.7. The largest absolute Gasteiger partial charge is 0.546 e. The number of likely N-dealkylation sites (tertiary alicyclic amines) is 1. The standard InChI is InChI=1S/C32H37NO4S/c1-21-15-24(16-22(2)30(21)37-32(3,4)31(35)36)17-26-19-33(18-23-9-7-6-8-10-23)20-28(26)29(34)25-11-13-27(38-5)14-12-25/h6-16,26,28H,17-20H2,1-5H3,(H,35,36)/p-1/t26-,28-/m1/s1. The van der Waals surface area contributed by atoms with Gasteiger partial charge in [0, 0.05) is 36.0 Å². The molecule has 5 nitrogen and oxygen atoms in total. The molecule has 0 aliphatic carbocycles. The zero-order chi connectivity index (χ0) is 27.4. The van der Waals surface area contributed by atoms with Crippen LogP contribution >= 0.6 is 11.8 Å². The van der Waals surface area contributed by atoms with Crippen LogP contribution in [0.5, 0.6) is 5.75 Å². The molecule has 0 amide bonds. The number of aliphatic carboxylic acids is 1. The SMILES string of the molecule is CSc1ccc(C(=O)[C@@H]2CN(Cc3ccccc3)C[C@H]2Cc2cc(C)c(OC(C)(C)C(=O)[O-])c(C)c2)cc1. The number of carbonyl (C=O) groups is 2. The van der Waals surface area contributed by atoms with Crippen LogP contribution in [0.15, 0.2) is 71.6 Å². The third-order valence-electron chi connectivity index (χ3n) is 7.34. The Morgan fingerprint density at radius 1 is 0.974 bits per heavy atom. The van der Waals surface area contributed by atoms with E-state index < -0.39 is 11.6 Å². The van der Waals surface area contributed by atoms with Crippen molar-refractivity contribution in [2.45, 2.75) is 51.2 Å². The van der Waals surface area contributed by atoms with Crippen molar-refractivity contribution in [3.63, 3.8) is 0 Å². The number of rotatable bonds is 10. The number of Topliss-reactive ketones (excluding diaryl/α,β-unsaturated/α-hetero) is 1. The molecule has 1 heterocycles. The van der Waals surface area contributed by atoms with Gasteiger partial charge >= 0.3 is 0 Å². The number of ketones is 1. The predicted molar refractivity (Wildman–Crippen MR) is 151 cm³/mol. The quantitative estimate of drug-likeness (QED) is 0.268. The van der Waals surface area contributed by atoms with Crippen molar-refractivity contribution < 1.29 is 19.4 Å². The molecule has 0 saturated carbocycles. The zero-order valence-corrected chi connectivity index (χ0v) is 23.6. The van der Waals surface area contributed by atoms with Gasteiger partial charge in [0.25, 0.3) is 0 Å². The molecule has 3 aromatic carbocycles. The summed E-state index contributed by atoms with van der Waals surface area (Å²) >= 11 is 1.67. The Hall–Kier alpha value is -3.09. The molecule has 0 bridgehead atoms. The molecule has 0 unspecified atom stereocenters. The molecule has 1 fully saturated rings. The van der Waals surface area contributed by atoms with Gasteiger partial charge in [0.2, 0.25) is 0 Å². The van der Waals surface area contributed by atoms with E-state index in [1.54, 1.807) is 11.8 Å². The summed E-state index contributed by atoms with van der Waals surface area (Å²) in [6, 6.07) is 22.4. The van der Waals surface area contributed by atoms with Gasteiger partial charge in [-0.2, -0.15) is 0 Å². The van der Waals surface area contributed by atoms with E-state index in [1.165, 1.54) is 19.4 Å². The summed E-state index contributed by atoms with van der Waals surface area (Å²) in [5.74, 6) is -0.426. The minimum atomic E-state index is -1.43. The molecule has 0 radical (unpaired) electrons. The number of ether oxygens (including phenoxy) is 1. The van der Waals surface area contributed by atoms with Crippen LogP contribution in [0.25, 0.3) is 0 Å². The van der Waals surface area contributed by atoms with Crippen LogP contribution in [-0.2, 0) is 17.8 Å². The fourth-order valence-electron chi connectivity index (χ4n) is 5.32. The monoisotopic (exact) mass is 530 g/mol. The first-order chi connectivity index (χ1) is 18.1. The fourth-order valence-corrected chi connectivity index (χ4v) is 5.73. The highest BCUT2D eigenvalue weighted by molar-refractivity contribution is 7.98. The third kappa shape index (κ3) is 6.48. The van der Waals surface area contributed by atoms with E-state index in [0.717, 1.165) is 53.2 Å². The first kappa shape index (κ1) is 27.9. The van der Waals surface area contributed by atoms with E-state index >= 15 is 0 Å². The highest BCUT2D eigenvalue weighted by Gasteiger charge is 2.38. The van der Waals surface area contributed by atoms with Crippen molar-refractivity contribution in [3.8, 4) is 5.75 Å². The average molecular weight is 531 g/mol. The molecular weight excluding hydrogens is 494 g/mol. The Bertz CT molecular complexity index is 1260. The number of carboxylic acid groups (broad SMARTS) is 1. The molecule has 1 saturated heterocycles. The van der Waals surface area contributed by atoms with Gasteiger partial charge in [-0.3, -0.25) is 9.69 Å². The second-order valence-electron chi connectivity index (χ2n) is 10.8. The smallest absolute Gasteiger partial charge is 0.167 e. The van der Waals surface area contributed by atoms with E-state index in [4.69, 9.17) is 4.74 Å². The van der Waals surface area contributed by atoms with Crippen molar-refractivity contribution in [1.82, 2.24) is 4.90 Å². The van der Waals surface area contributed by atoms with E-state index in [9.17, 15) is 14.7 Å². The summed E-state index contributed by atoms with van der Waals surface area (Å²) in [7, 11) is 0. The summed E-state index contributed by atoms with van der Waals surface area (Å²) in [4.78, 5) is 28.8. The van der Waals surface area contributed by atoms with Crippen LogP contribution < -0.4 is 9.84 Å². The summed E-state index contributed by atoms with van der Waals surface area (Å²) in [6.07, 6.45) is 2.79. The van der Waals surface area contributed by atoms with Gasteiger partial charge in [0.05, 0.1) is 5.97 Å². The summed E-state index contributed by atoms with van der Waals surface area (Å²) < 4.78 is 5.84. The first-order valence-corrected chi connectivity index (χ1v) is 14.2. The Kier molecular flexibility index (Phi) is 8.64. The topological polar surface area (TPSA) is 69.7 Å². The maximum atomic E-state index is 13.7. The molecular formula is C32H36NO4S-. The van der Waals surface area contributed by atoms with E-state index in [1.807, 2.05) is 50.4 Å². The number of hydrogen-bond acceptors (Lipinski definition) is 6. The highest BCUT2D eigenvalue weighted by atomic mass is 32.2. The van der Waals surface area contributed by atoms with E-state index in [0.29, 0.717) is 5.75 Å². The summed E-state index contributed by atoms with van der Waals surface area (Å²) in [5.41, 5.74) is 3.46. The number of carbonyl (C=O) groups excluding carboxylic acids is 2. The molecule has 2 atom stereocenters. The van der Waals surface area contributed by atoms with E-state index in [2.05, 4.69) is 41.3 Å². The van der Waals surface area contributed by atoms with Gasteiger partial charge in [-0.25, -0.2) is 0 Å². The molecule has 1 aliphatic heterocycles. The number of hydrogen-bond donors (Lipinski definition) is 0. The lowest BCUT2D eigenvalue weighted by molar-refractivity contribution is -0.320. The normalized spacial score (nSPS) is 17.9. The molecule has 1 aliphatic rings. The minimum Gasteiger partial charge on any atom is -0.546 e. The maximum Gasteiger partial charge on any atom is 0.167 e. The third-order valence-corrected chi connectivity index (χ3v) is 8.09. The van der Waals surface area contributed by atoms with Crippen LogP contribution in [0.1, 0.15) is 46.5 Å². The fraction of sp³-hybridized carbons (Fsp3) is 0.375. The lowest BCUT2D eigenvalue weighted by Crippen LogP contribution is -2.48. The molecule has 3 aromatic rings. The van der Waals surface area contributed by atoms with Gasteiger partial charge in [0.1, 0.15) is 11.4 Å². The number of carboxylic acids is 1. The van der Waals surface area contributed by atoms with E-state index in [-0.39, 0.29) is 17.6 Å². The van der Waals surface area contributed by atoms with Crippen LogP contribution in [0.2, 0.25) is 0 Å². The summed E-state index contributed by atoms with van der Waals surface area (Å²) in [6.45, 7) is 9.24. The molecule has 4 rings (SSSR count). The predicted octanol–water partition coefficient (Wildman–Crippen LogP) is 5.11.